The van der Waals surface area contributed by atoms with Crippen LogP contribution in [0.25, 0.3) is 0 Å². The fourth-order valence-electron chi connectivity index (χ4n) is 12.5. The average molecular weight is 710 g/mol. The van der Waals surface area contributed by atoms with E-state index in [1.165, 1.54) is 0 Å². The third-order valence-electron chi connectivity index (χ3n) is 14.9. The maximum atomic E-state index is 13.2. The van der Waals surface area contributed by atoms with Crippen LogP contribution >= 0.6 is 11.8 Å². The van der Waals surface area contributed by atoms with Crippen molar-refractivity contribution in [1.82, 2.24) is 5.32 Å². The predicted octanol–water partition coefficient (Wildman–Crippen LogP) is 4.11. The Balaban J connectivity index is 0.972. The van der Waals surface area contributed by atoms with Crippen LogP contribution in [0.3, 0.4) is 0 Å². The van der Waals surface area contributed by atoms with Gasteiger partial charge in [-0.25, -0.2) is 4.79 Å². The number of thioether (sulfide) groups is 1. The molecule has 4 saturated carbocycles. The van der Waals surface area contributed by atoms with Crippen LogP contribution in [-0.4, -0.2) is 92.9 Å². The molecule has 4 aliphatic heterocycles. The third-order valence-corrected chi connectivity index (χ3v) is 16.6. The predicted molar refractivity (Wildman–Crippen MR) is 184 cm³/mol. The van der Waals surface area contributed by atoms with E-state index in [2.05, 4.69) is 12.2 Å². The smallest absolute Gasteiger partial charge is 0.331 e. The molecular formula is C39H51NO9S. The average Bonchev–Trinajstić information content (AvgIpc) is 3.79. The number of Topliss-reactive ketones (excluding diaryl/α,β-unsaturated/α-hetero) is 1. The summed E-state index contributed by atoms with van der Waals surface area (Å²) < 4.78 is 25.2. The van der Waals surface area contributed by atoms with Gasteiger partial charge in [0, 0.05) is 53.7 Å². The second kappa shape index (κ2) is 11.8. The van der Waals surface area contributed by atoms with E-state index in [1.54, 1.807) is 17.8 Å². The summed E-state index contributed by atoms with van der Waals surface area (Å²) in [5.41, 5.74) is -0.0633. The Hall–Kier alpha value is -1.83. The number of cyclic esters (lactones) is 1. The molecule has 9 rings (SSSR count). The molecule has 11 heteroatoms. The molecule has 1 spiro atoms. The number of aliphatic hydroxyl groups is 3. The topological polar surface area (TPSA) is 144 Å². The Morgan fingerprint density at radius 3 is 2.60 bits per heavy atom. The van der Waals surface area contributed by atoms with Crippen molar-refractivity contribution in [1.29, 1.82) is 0 Å². The zero-order valence-electron chi connectivity index (χ0n) is 29.1. The van der Waals surface area contributed by atoms with E-state index in [0.717, 1.165) is 37.7 Å². The van der Waals surface area contributed by atoms with Crippen molar-refractivity contribution < 1.29 is 43.9 Å². The molecule has 1 aromatic carbocycles. The maximum Gasteiger partial charge on any atom is 0.331 e. The van der Waals surface area contributed by atoms with Gasteiger partial charge in [0.05, 0.1) is 23.9 Å². The lowest BCUT2D eigenvalue weighted by Crippen LogP contribution is -2.76. The Kier molecular flexibility index (Phi) is 8.04. The van der Waals surface area contributed by atoms with Crippen LogP contribution in [0.4, 0.5) is 0 Å². The standard InChI is InChI=1S/C39H51NO9S/c1-22-17-38(40-26(20-50-38)16-30(42)23-6-4-3-5-7-23)39(45)34(47-22)48-31-15-25-8-9-29-28(36(25,21-41)18-32(31)49-39)10-12-35(2)27(11-13-37(29,35)44)24-14-33(43)46-19-24/h3-7,14,22,25-29,31-32,34,40-41,44-45H,8-13,15-21H2,1-2H3/t22-,25+,26+,27-,28+,29-,31-,32-,34+,35-,36-,37+,38+,39-/m1/s1. The highest BCUT2D eigenvalue weighted by Crippen LogP contribution is 2.70. The van der Waals surface area contributed by atoms with Crippen LogP contribution in [-0.2, 0) is 23.7 Å². The lowest BCUT2D eigenvalue weighted by Gasteiger charge is -2.66. The molecule has 4 heterocycles. The molecular weight excluding hydrogens is 658 g/mol. The molecule has 0 amide bonds. The number of ether oxygens (including phenoxy) is 4. The number of carbonyl (C=O) groups excluding carboxylic acids is 2. The largest absolute Gasteiger partial charge is 0.458 e. The molecule has 8 aliphatic rings. The van der Waals surface area contributed by atoms with Crippen LogP contribution in [0.15, 0.2) is 42.0 Å². The Bertz CT molecular complexity index is 1580. The van der Waals surface area contributed by atoms with Crippen LogP contribution < -0.4 is 5.32 Å². The molecule has 1 aromatic rings. The van der Waals surface area contributed by atoms with Gasteiger partial charge in [-0.1, -0.05) is 37.3 Å². The highest BCUT2D eigenvalue weighted by molar-refractivity contribution is 8.01. The maximum absolute atomic E-state index is 13.2. The summed E-state index contributed by atoms with van der Waals surface area (Å²) in [4.78, 5) is 24.2. The van der Waals surface area contributed by atoms with Crippen molar-refractivity contribution in [2.45, 2.75) is 125 Å². The van der Waals surface area contributed by atoms with E-state index < -0.39 is 34.1 Å². The molecule has 272 valence electrons. The number of hydrogen-bond donors (Lipinski definition) is 4. The van der Waals surface area contributed by atoms with Gasteiger partial charge in [-0.05, 0) is 87.5 Å². The van der Waals surface area contributed by atoms with E-state index in [9.17, 15) is 24.9 Å². The van der Waals surface area contributed by atoms with Crippen LogP contribution in [0, 0.1) is 34.5 Å². The van der Waals surface area contributed by atoms with Gasteiger partial charge in [-0.3, -0.25) is 10.1 Å². The zero-order chi connectivity index (χ0) is 34.7. The minimum absolute atomic E-state index is 0.00760. The molecule has 0 unspecified atom stereocenters. The van der Waals surface area contributed by atoms with Crippen molar-refractivity contribution in [2.75, 3.05) is 19.0 Å². The summed E-state index contributed by atoms with van der Waals surface area (Å²) >= 11 is 1.59. The van der Waals surface area contributed by atoms with Crippen molar-refractivity contribution in [2.24, 2.45) is 34.5 Å². The van der Waals surface area contributed by atoms with Gasteiger partial charge in [0.15, 0.2) is 5.78 Å². The summed E-state index contributed by atoms with van der Waals surface area (Å²) in [5.74, 6) is -0.979. The lowest BCUT2D eigenvalue weighted by molar-refractivity contribution is -0.450. The molecule has 4 aliphatic carbocycles. The van der Waals surface area contributed by atoms with Crippen LogP contribution in [0.5, 0.6) is 0 Å². The molecule has 3 saturated heterocycles. The second-order valence-corrected chi connectivity index (χ2v) is 18.4. The van der Waals surface area contributed by atoms with Gasteiger partial charge in [-0.2, -0.15) is 0 Å². The first-order valence-corrected chi connectivity index (χ1v) is 19.8. The number of rotatable bonds is 5. The summed E-state index contributed by atoms with van der Waals surface area (Å²) in [6.45, 7) is 4.51. The number of aliphatic hydroxyl groups excluding tert-OH is 1. The lowest BCUT2D eigenvalue weighted by atomic mass is 9.42. The van der Waals surface area contributed by atoms with Crippen LogP contribution in [0.2, 0.25) is 0 Å². The number of benzene rings is 1. The number of fused-ring (bicyclic) bond motifs is 8. The fraction of sp³-hybridized carbons (Fsp3) is 0.744. The first kappa shape index (κ1) is 34.0. The third kappa shape index (κ3) is 4.73. The van der Waals surface area contributed by atoms with Crippen molar-refractivity contribution in [3.8, 4) is 0 Å². The molecule has 7 fully saturated rings. The molecule has 4 N–H and O–H groups in total. The first-order chi connectivity index (χ1) is 23.9. The van der Waals surface area contributed by atoms with Gasteiger partial charge in [0.1, 0.15) is 11.5 Å². The molecule has 50 heavy (non-hydrogen) atoms. The number of carbonyl (C=O) groups is 2. The highest BCUT2D eigenvalue weighted by atomic mass is 32.2. The molecule has 14 atom stereocenters. The summed E-state index contributed by atoms with van der Waals surface area (Å²) in [6, 6.07) is 9.16. The van der Waals surface area contributed by atoms with Crippen LogP contribution in [0.1, 0.15) is 88.4 Å². The van der Waals surface area contributed by atoms with E-state index >= 15 is 0 Å². The summed E-state index contributed by atoms with van der Waals surface area (Å²) in [7, 11) is 0. The second-order valence-electron chi connectivity index (χ2n) is 17.1. The number of esters is 1. The SMILES string of the molecule is C[C@@H]1C[C@@]2(N[C@@H](CC(=O)c3ccccc3)CS2)[C@]2(O)O[C@@H]3C[C@@]4(CO)[C@@H](CC[C@@H]5[C@@H]4CC[C@]4(C)[C@@H](C6=CC(=O)OC6)CC[C@]54O)C[C@H]3O[C@@H]2O1. The fourth-order valence-corrected chi connectivity index (χ4v) is 14.2. The first-order valence-electron chi connectivity index (χ1n) is 18.9. The Labute approximate surface area is 298 Å². The summed E-state index contributed by atoms with van der Waals surface area (Å²) in [5, 5.41) is 40.4. The van der Waals surface area contributed by atoms with E-state index in [0.29, 0.717) is 50.0 Å². The quantitative estimate of drug-likeness (QED) is 0.199. The van der Waals surface area contributed by atoms with Crippen molar-refractivity contribution in [3.63, 3.8) is 0 Å². The van der Waals surface area contributed by atoms with Gasteiger partial charge in [0.25, 0.3) is 0 Å². The summed E-state index contributed by atoms with van der Waals surface area (Å²) in [6.07, 6.45) is 6.69. The number of nitrogens with one attached hydrogen (secondary N) is 1. The van der Waals surface area contributed by atoms with E-state index in [4.69, 9.17) is 18.9 Å². The van der Waals surface area contributed by atoms with Gasteiger partial charge in [0.2, 0.25) is 12.1 Å². The Morgan fingerprint density at radius 2 is 1.84 bits per heavy atom. The van der Waals surface area contributed by atoms with Crippen molar-refractivity contribution in [3.05, 3.63) is 47.5 Å². The number of hydrogen-bond acceptors (Lipinski definition) is 11. The monoisotopic (exact) mass is 709 g/mol. The highest BCUT2D eigenvalue weighted by Gasteiger charge is 2.72. The number of ketones is 1. The minimum atomic E-state index is -1.80. The molecule has 10 nitrogen and oxygen atoms in total. The normalized spacial score (nSPS) is 50.8. The molecule has 0 aromatic heterocycles. The van der Waals surface area contributed by atoms with E-state index in [-0.39, 0.29) is 65.7 Å². The molecule has 0 bridgehead atoms. The van der Waals surface area contributed by atoms with E-state index in [1.807, 2.05) is 37.3 Å². The Morgan fingerprint density at radius 1 is 1.02 bits per heavy atom. The molecule has 0 radical (unpaired) electrons. The zero-order valence-corrected chi connectivity index (χ0v) is 29.9. The van der Waals surface area contributed by atoms with Gasteiger partial charge >= 0.3 is 5.97 Å². The van der Waals surface area contributed by atoms with Crippen molar-refractivity contribution >= 4 is 23.5 Å². The minimum Gasteiger partial charge on any atom is -0.458 e. The van der Waals surface area contributed by atoms with Gasteiger partial charge < -0.3 is 34.3 Å². The van der Waals surface area contributed by atoms with Gasteiger partial charge in [-0.15, -0.1) is 11.8 Å².